The zero-order valence-corrected chi connectivity index (χ0v) is 21.7. The average Bonchev–Trinajstić information content (AvgIpc) is 3.51. The van der Waals surface area contributed by atoms with Gasteiger partial charge in [0.05, 0.1) is 12.6 Å². The largest absolute Gasteiger partial charge is 0.494 e. The van der Waals surface area contributed by atoms with E-state index < -0.39 is 0 Å². The number of aromatic nitrogens is 1. The lowest BCUT2D eigenvalue weighted by Gasteiger charge is -2.38. The van der Waals surface area contributed by atoms with Crippen molar-refractivity contribution in [2.24, 2.45) is 0 Å². The first kappa shape index (κ1) is 24.8. The minimum atomic E-state index is -0.269. The number of H-pyrrole nitrogens is 1. The molecule has 8 rings (SSSR count). The lowest BCUT2D eigenvalue weighted by Crippen LogP contribution is -2.40. The van der Waals surface area contributed by atoms with E-state index in [1.165, 1.54) is 0 Å². The predicted octanol–water partition coefficient (Wildman–Crippen LogP) is 5.43. The summed E-state index contributed by atoms with van der Waals surface area (Å²) >= 11 is 0. The number of fused-ring (bicyclic) bond motifs is 1. The monoisotopic (exact) mass is 521 g/mol. The van der Waals surface area contributed by atoms with Gasteiger partial charge in [-0.1, -0.05) is 30.3 Å². The molecule has 0 saturated heterocycles. The van der Waals surface area contributed by atoms with E-state index in [9.17, 15) is 9.59 Å². The second kappa shape index (κ2) is 11.1. The predicted molar refractivity (Wildman–Crippen MR) is 148 cm³/mol. The molecule has 2 N–H and O–H groups in total. The Kier molecular flexibility index (Phi) is 7.04. The van der Waals surface area contributed by atoms with Crippen LogP contribution in [-0.4, -0.2) is 41.4 Å². The smallest absolute Gasteiger partial charge is 0.271 e. The van der Waals surface area contributed by atoms with Gasteiger partial charge in [0, 0.05) is 25.7 Å². The standard InChI is InChI=1S/C32H31N3O4/c36-30-14-9-22-7-10-25(11-8-22)39-27-12-13-28-23(20-27)15-18-35(32(37)29-6-2-16-33-29)31(28)24-4-1-5-26(21-24)38-19-3-17-34-30/h1-2,4-8,10-13,16,20-21,31,33H,3,9,14-15,17-19H2,(H,34,36). The van der Waals surface area contributed by atoms with Gasteiger partial charge in [-0.15, -0.1) is 0 Å². The third-order valence-electron chi connectivity index (χ3n) is 7.32. The number of carbonyl (C=O) groups excluding carboxylic acids is 2. The Labute approximate surface area is 227 Å². The summed E-state index contributed by atoms with van der Waals surface area (Å²) in [6.07, 6.45) is 4.31. The van der Waals surface area contributed by atoms with Crippen LogP contribution in [0.5, 0.6) is 17.2 Å². The van der Waals surface area contributed by atoms with Crippen LogP contribution in [0.4, 0.5) is 0 Å². The van der Waals surface area contributed by atoms with Crippen molar-refractivity contribution in [3.8, 4) is 17.2 Å². The van der Waals surface area contributed by atoms with E-state index in [4.69, 9.17) is 9.47 Å². The highest BCUT2D eigenvalue weighted by atomic mass is 16.5. The number of hydrogen-bond acceptors (Lipinski definition) is 4. The van der Waals surface area contributed by atoms with Crippen molar-refractivity contribution >= 4 is 11.8 Å². The van der Waals surface area contributed by atoms with Crippen LogP contribution in [0.15, 0.2) is 85.1 Å². The minimum Gasteiger partial charge on any atom is -0.494 e. The van der Waals surface area contributed by atoms with Gasteiger partial charge in [-0.05, 0) is 90.0 Å². The Bertz CT molecular complexity index is 1460. The molecular formula is C32H31N3O4. The van der Waals surface area contributed by atoms with Gasteiger partial charge in [0.25, 0.3) is 5.91 Å². The number of rotatable bonds is 1. The molecule has 39 heavy (non-hydrogen) atoms. The molecule has 8 bridgehead atoms. The number of carbonyl (C=O) groups is 2. The molecule has 1 atom stereocenters. The summed E-state index contributed by atoms with van der Waals surface area (Å²) in [6.45, 7) is 1.62. The van der Waals surface area contributed by atoms with Gasteiger partial charge in [-0.25, -0.2) is 0 Å². The quantitative estimate of drug-likeness (QED) is 0.350. The average molecular weight is 522 g/mol. The maximum Gasteiger partial charge on any atom is 0.271 e. The van der Waals surface area contributed by atoms with Crippen molar-refractivity contribution in [3.63, 3.8) is 0 Å². The molecule has 4 aliphatic rings. The van der Waals surface area contributed by atoms with E-state index in [2.05, 4.69) is 22.4 Å². The molecule has 0 radical (unpaired) electrons. The third kappa shape index (κ3) is 5.53. The first-order valence-corrected chi connectivity index (χ1v) is 13.5. The molecule has 4 aromatic rings. The fraction of sp³-hybridized carbons (Fsp3) is 0.250. The van der Waals surface area contributed by atoms with Crippen molar-refractivity contribution in [3.05, 3.63) is 113 Å². The van der Waals surface area contributed by atoms with Gasteiger partial charge in [0.2, 0.25) is 5.91 Å². The fourth-order valence-corrected chi connectivity index (χ4v) is 5.33. The summed E-state index contributed by atoms with van der Waals surface area (Å²) in [5.41, 5.74) is 4.88. The number of benzene rings is 3. The number of aromatic amines is 1. The number of hydrogen-bond donors (Lipinski definition) is 2. The minimum absolute atomic E-state index is 0.0312. The van der Waals surface area contributed by atoms with E-state index in [0.29, 0.717) is 44.7 Å². The third-order valence-corrected chi connectivity index (χ3v) is 7.32. The zero-order chi connectivity index (χ0) is 26.6. The van der Waals surface area contributed by atoms with Crippen molar-refractivity contribution in [2.45, 2.75) is 31.7 Å². The Morgan fingerprint density at radius 1 is 0.872 bits per heavy atom. The summed E-state index contributed by atoms with van der Waals surface area (Å²) in [7, 11) is 0. The topological polar surface area (TPSA) is 83.7 Å². The summed E-state index contributed by atoms with van der Waals surface area (Å²) in [6, 6.07) is 25.4. The van der Waals surface area contributed by atoms with Gasteiger partial charge in [-0.3, -0.25) is 9.59 Å². The van der Waals surface area contributed by atoms with Crippen molar-refractivity contribution < 1.29 is 19.1 Å². The van der Waals surface area contributed by atoms with Crippen LogP contribution in [-0.2, 0) is 17.6 Å². The Hall–Kier alpha value is -4.52. The first-order valence-electron chi connectivity index (χ1n) is 13.5. The van der Waals surface area contributed by atoms with Gasteiger partial charge < -0.3 is 24.7 Å². The molecular weight excluding hydrogens is 490 g/mol. The first-order chi connectivity index (χ1) is 19.1. The number of amides is 2. The number of ether oxygens (including phenoxy) is 2. The molecule has 7 nitrogen and oxygen atoms in total. The van der Waals surface area contributed by atoms with E-state index in [1.54, 1.807) is 6.20 Å². The van der Waals surface area contributed by atoms with Gasteiger partial charge in [-0.2, -0.15) is 0 Å². The van der Waals surface area contributed by atoms with Crippen LogP contribution in [0.2, 0.25) is 0 Å². The van der Waals surface area contributed by atoms with Crippen LogP contribution in [0, 0.1) is 0 Å². The van der Waals surface area contributed by atoms with Crippen LogP contribution in [0.1, 0.15) is 51.6 Å². The Morgan fingerprint density at radius 2 is 1.74 bits per heavy atom. The molecule has 0 saturated carbocycles. The molecule has 0 spiro atoms. The molecule has 4 aliphatic heterocycles. The van der Waals surface area contributed by atoms with Crippen molar-refractivity contribution in [1.82, 2.24) is 15.2 Å². The summed E-state index contributed by atoms with van der Waals surface area (Å²) < 4.78 is 12.3. The normalized spacial score (nSPS) is 17.5. The van der Waals surface area contributed by atoms with Crippen LogP contribution < -0.4 is 14.8 Å². The molecule has 0 aliphatic carbocycles. The lowest BCUT2D eigenvalue weighted by atomic mass is 9.87. The zero-order valence-electron chi connectivity index (χ0n) is 21.7. The molecule has 2 amide bonds. The van der Waals surface area contributed by atoms with Crippen LogP contribution in [0.3, 0.4) is 0 Å². The second-order valence-electron chi connectivity index (χ2n) is 9.97. The second-order valence-corrected chi connectivity index (χ2v) is 9.97. The molecule has 5 heterocycles. The van der Waals surface area contributed by atoms with Crippen LogP contribution >= 0.6 is 0 Å². The van der Waals surface area contributed by atoms with Gasteiger partial charge in [0.1, 0.15) is 22.9 Å². The van der Waals surface area contributed by atoms with Gasteiger partial charge >= 0.3 is 0 Å². The molecule has 7 heteroatoms. The van der Waals surface area contributed by atoms with E-state index in [1.807, 2.05) is 71.6 Å². The highest BCUT2D eigenvalue weighted by Crippen LogP contribution is 2.39. The molecule has 0 fully saturated rings. The Morgan fingerprint density at radius 3 is 2.59 bits per heavy atom. The highest BCUT2D eigenvalue weighted by molar-refractivity contribution is 5.93. The molecule has 1 unspecified atom stereocenters. The number of aryl methyl sites for hydroxylation is 1. The summed E-state index contributed by atoms with van der Waals surface area (Å²) in [4.78, 5) is 30.9. The maximum absolute atomic E-state index is 13.6. The Balaban J connectivity index is 1.37. The maximum atomic E-state index is 13.6. The summed E-state index contributed by atoms with van der Waals surface area (Å²) in [5.74, 6) is 2.24. The van der Waals surface area contributed by atoms with Crippen molar-refractivity contribution in [2.75, 3.05) is 19.7 Å². The fourth-order valence-electron chi connectivity index (χ4n) is 5.33. The lowest BCUT2D eigenvalue weighted by molar-refractivity contribution is -0.121. The number of nitrogens with one attached hydrogen (secondary N) is 2. The molecule has 1 aromatic heterocycles. The summed E-state index contributed by atoms with van der Waals surface area (Å²) in [5, 5.41) is 2.98. The van der Waals surface area contributed by atoms with E-state index in [0.717, 1.165) is 45.9 Å². The SMILES string of the molecule is O=C1CCc2ccc(cc2)Oc2ccc3c(c2)CCN(C(=O)c2ccc[nH]2)C3c2cccc(c2)OCCCN1. The molecule has 198 valence electrons. The van der Waals surface area contributed by atoms with E-state index >= 15 is 0 Å². The number of nitrogens with zero attached hydrogens (tertiary/aromatic N) is 1. The van der Waals surface area contributed by atoms with E-state index in [-0.39, 0.29) is 17.9 Å². The van der Waals surface area contributed by atoms with Gasteiger partial charge in [0.15, 0.2) is 0 Å². The highest BCUT2D eigenvalue weighted by Gasteiger charge is 2.33. The van der Waals surface area contributed by atoms with Crippen molar-refractivity contribution in [1.29, 1.82) is 0 Å². The molecule has 3 aromatic carbocycles. The van der Waals surface area contributed by atoms with Crippen LogP contribution in [0.25, 0.3) is 0 Å².